The third kappa shape index (κ3) is 3.39. The minimum absolute atomic E-state index is 0.0806. The summed E-state index contributed by atoms with van der Waals surface area (Å²) in [5, 5.41) is 0. The number of rotatable bonds is 3. The van der Waals surface area contributed by atoms with Gasteiger partial charge in [0.25, 0.3) is 10.0 Å². The molecule has 1 aliphatic heterocycles. The molecule has 0 radical (unpaired) electrons. The minimum Gasteiger partial charge on any atom is -0.311 e. The van der Waals surface area contributed by atoms with Crippen molar-refractivity contribution in [1.29, 1.82) is 0 Å². The van der Waals surface area contributed by atoms with E-state index in [-0.39, 0.29) is 10.8 Å². The maximum absolute atomic E-state index is 13.0. The van der Waals surface area contributed by atoms with Gasteiger partial charge < -0.3 is 4.90 Å². The molecular formula is C18H20N2O3S2. The Hall–Kier alpha value is -1.99. The smallest absolute Gasteiger partial charge is 0.264 e. The van der Waals surface area contributed by atoms with Crippen LogP contribution in [-0.2, 0) is 14.8 Å². The molecule has 0 unspecified atom stereocenters. The van der Waals surface area contributed by atoms with Crippen LogP contribution in [0.15, 0.2) is 52.3 Å². The van der Waals surface area contributed by atoms with Crippen molar-refractivity contribution >= 4 is 39.1 Å². The Kier molecular flexibility index (Phi) is 4.79. The summed E-state index contributed by atoms with van der Waals surface area (Å²) in [6, 6.07) is 12.3. The molecule has 0 saturated carbocycles. The lowest BCUT2D eigenvalue weighted by Gasteiger charge is -2.29. The number of carbonyl (C=O) groups is 1. The standard InChI is InChI=1S/C18H20N2O3S2/c1-13-4-6-15(7-5-13)19(3)25(22,23)16-8-9-18-17(12-16)20(14(2)21)10-11-24-18/h4-9,12H,10-11H2,1-3H3. The van der Waals surface area contributed by atoms with Crippen LogP contribution in [0.4, 0.5) is 11.4 Å². The quantitative estimate of drug-likeness (QED) is 0.825. The number of amides is 1. The highest BCUT2D eigenvalue weighted by atomic mass is 32.2. The maximum atomic E-state index is 13.0. The summed E-state index contributed by atoms with van der Waals surface area (Å²) in [5.74, 6) is 0.727. The van der Waals surface area contributed by atoms with Crippen LogP contribution in [0.2, 0.25) is 0 Å². The van der Waals surface area contributed by atoms with E-state index in [1.54, 1.807) is 47.0 Å². The van der Waals surface area contributed by atoms with Crippen molar-refractivity contribution in [2.24, 2.45) is 0 Å². The molecule has 0 saturated heterocycles. The number of hydrogen-bond donors (Lipinski definition) is 0. The molecule has 132 valence electrons. The first-order chi connectivity index (χ1) is 11.8. The predicted molar refractivity (Wildman–Crippen MR) is 102 cm³/mol. The second kappa shape index (κ2) is 6.72. The Morgan fingerprint density at radius 3 is 2.48 bits per heavy atom. The van der Waals surface area contributed by atoms with E-state index in [1.165, 1.54) is 18.3 Å². The Morgan fingerprint density at radius 2 is 1.84 bits per heavy atom. The molecule has 7 heteroatoms. The van der Waals surface area contributed by atoms with Gasteiger partial charge in [0.2, 0.25) is 5.91 Å². The maximum Gasteiger partial charge on any atom is 0.264 e. The van der Waals surface area contributed by atoms with E-state index in [2.05, 4.69) is 0 Å². The van der Waals surface area contributed by atoms with E-state index in [1.807, 2.05) is 19.1 Å². The van der Waals surface area contributed by atoms with Crippen LogP contribution in [0.1, 0.15) is 12.5 Å². The van der Waals surface area contributed by atoms with Gasteiger partial charge in [0.1, 0.15) is 0 Å². The van der Waals surface area contributed by atoms with Crippen molar-refractivity contribution in [3.63, 3.8) is 0 Å². The first-order valence-corrected chi connectivity index (χ1v) is 10.3. The highest BCUT2D eigenvalue weighted by molar-refractivity contribution is 7.99. The molecule has 2 aromatic carbocycles. The second-order valence-electron chi connectivity index (χ2n) is 5.96. The van der Waals surface area contributed by atoms with E-state index in [4.69, 9.17) is 0 Å². The summed E-state index contributed by atoms with van der Waals surface area (Å²) in [6.45, 7) is 4.04. The first kappa shape index (κ1) is 17.8. The molecule has 1 aliphatic rings. The molecule has 1 heterocycles. The summed E-state index contributed by atoms with van der Waals surface area (Å²) < 4.78 is 27.3. The fraction of sp³-hybridized carbons (Fsp3) is 0.278. The van der Waals surface area contributed by atoms with Gasteiger partial charge in [-0.05, 0) is 37.3 Å². The van der Waals surface area contributed by atoms with E-state index >= 15 is 0 Å². The van der Waals surface area contributed by atoms with Gasteiger partial charge in [-0.1, -0.05) is 17.7 Å². The third-order valence-electron chi connectivity index (χ3n) is 4.23. The van der Waals surface area contributed by atoms with Crippen molar-refractivity contribution in [1.82, 2.24) is 0 Å². The minimum atomic E-state index is -3.70. The zero-order valence-electron chi connectivity index (χ0n) is 14.4. The van der Waals surface area contributed by atoms with Crippen LogP contribution in [0, 0.1) is 6.92 Å². The van der Waals surface area contributed by atoms with E-state index in [0.717, 1.165) is 16.2 Å². The third-order valence-corrected chi connectivity index (χ3v) is 7.05. The Balaban J connectivity index is 2.02. The van der Waals surface area contributed by atoms with Gasteiger partial charge in [-0.3, -0.25) is 9.10 Å². The molecule has 1 amide bonds. The van der Waals surface area contributed by atoms with Crippen molar-refractivity contribution in [2.75, 3.05) is 28.6 Å². The molecule has 0 atom stereocenters. The zero-order chi connectivity index (χ0) is 18.2. The second-order valence-corrected chi connectivity index (χ2v) is 9.06. The Labute approximate surface area is 152 Å². The largest absolute Gasteiger partial charge is 0.311 e. The summed E-state index contributed by atoms with van der Waals surface area (Å²) in [6.07, 6.45) is 0. The number of thioether (sulfide) groups is 1. The van der Waals surface area contributed by atoms with Crippen LogP contribution in [-0.4, -0.2) is 33.7 Å². The lowest BCUT2D eigenvalue weighted by atomic mass is 10.2. The van der Waals surface area contributed by atoms with E-state index in [9.17, 15) is 13.2 Å². The lowest BCUT2D eigenvalue weighted by Crippen LogP contribution is -2.34. The molecule has 5 nitrogen and oxygen atoms in total. The number of carbonyl (C=O) groups excluding carboxylic acids is 1. The van der Waals surface area contributed by atoms with Gasteiger partial charge >= 0.3 is 0 Å². The van der Waals surface area contributed by atoms with Gasteiger partial charge in [0.05, 0.1) is 16.3 Å². The van der Waals surface area contributed by atoms with Gasteiger partial charge in [0.15, 0.2) is 0 Å². The van der Waals surface area contributed by atoms with E-state index in [0.29, 0.717) is 17.9 Å². The fourth-order valence-corrected chi connectivity index (χ4v) is 4.93. The monoisotopic (exact) mass is 376 g/mol. The topological polar surface area (TPSA) is 57.7 Å². The highest BCUT2D eigenvalue weighted by Gasteiger charge is 2.26. The fourth-order valence-electron chi connectivity index (χ4n) is 2.74. The number of aryl methyl sites for hydroxylation is 1. The number of benzene rings is 2. The van der Waals surface area contributed by atoms with Crippen molar-refractivity contribution in [2.45, 2.75) is 23.6 Å². The normalized spacial score (nSPS) is 14.1. The van der Waals surface area contributed by atoms with Gasteiger partial charge in [-0.2, -0.15) is 0 Å². The number of fused-ring (bicyclic) bond motifs is 1. The predicted octanol–water partition coefficient (Wildman–Crippen LogP) is 3.28. The molecule has 0 fully saturated rings. The summed E-state index contributed by atoms with van der Waals surface area (Å²) in [4.78, 5) is 14.6. The summed E-state index contributed by atoms with van der Waals surface area (Å²) in [5.41, 5.74) is 2.33. The summed E-state index contributed by atoms with van der Waals surface area (Å²) in [7, 11) is -2.16. The number of sulfonamides is 1. The Morgan fingerprint density at radius 1 is 1.16 bits per heavy atom. The van der Waals surface area contributed by atoms with Crippen LogP contribution < -0.4 is 9.21 Å². The zero-order valence-corrected chi connectivity index (χ0v) is 16.0. The average molecular weight is 377 g/mol. The molecule has 25 heavy (non-hydrogen) atoms. The number of hydrogen-bond acceptors (Lipinski definition) is 4. The number of nitrogens with zero attached hydrogens (tertiary/aromatic N) is 2. The summed E-state index contributed by atoms with van der Waals surface area (Å²) >= 11 is 1.63. The van der Waals surface area contributed by atoms with E-state index < -0.39 is 10.0 Å². The van der Waals surface area contributed by atoms with Crippen LogP contribution in [0.25, 0.3) is 0 Å². The van der Waals surface area contributed by atoms with Crippen LogP contribution >= 0.6 is 11.8 Å². The van der Waals surface area contributed by atoms with Crippen LogP contribution in [0.5, 0.6) is 0 Å². The van der Waals surface area contributed by atoms with Crippen molar-refractivity contribution in [3.8, 4) is 0 Å². The lowest BCUT2D eigenvalue weighted by molar-refractivity contribution is -0.116. The SMILES string of the molecule is CC(=O)N1CCSc2ccc(S(=O)(=O)N(C)c3ccc(C)cc3)cc21. The number of anilines is 2. The highest BCUT2D eigenvalue weighted by Crippen LogP contribution is 2.37. The average Bonchev–Trinajstić information content (AvgIpc) is 2.60. The van der Waals surface area contributed by atoms with Crippen LogP contribution in [0.3, 0.4) is 0 Å². The molecule has 3 rings (SSSR count). The molecule has 0 aromatic heterocycles. The molecule has 0 N–H and O–H groups in total. The van der Waals surface area contributed by atoms with Gasteiger partial charge in [-0.25, -0.2) is 8.42 Å². The molecule has 0 spiro atoms. The Bertz CT molecular complexity index is 908. The van der Waals surface area contributed by atoms with Crippen molar-refractivity contribution < 1.29 is 13.2 Å². The van der Waals surface area contributed by atoms with Gasteiger partial charge in [-0.15, -0.1) is 11.8 Å². The molecule has 2 aromatic rings. The van der Waals surface area contributed by atoms with Crippen molar-refractivity contribution in [3.05, 3.63) is 48.0 Å². The molecular weight excluding hydrogens is 356 g/mol. The molecule has 0 aliphatic carbocycles. The van der Waals surface area contributed by atoms with Gasteiger partial charge in [0, 0.05) is 31.2 Å². The molecule has 0 bridgehead atoms. The first-order valence-electron chi connectivity index (χ1n) is 7.91.